The van der Waals surface area contributed by atoms with Crippen LogP contribution in [0.1, 0.15) is 25.3 Å². The van der Waals surface area contributed by atoms with Gasteiger partial charge in [0, 0.05) is 31.6 Å². The van der Waals surface area contributed by atoms with E-state index in [-0.39, 0.29) is 30.8 Å². The maximum Gasteiger partial charge on any atom is 0.573 e. The Morgan fingerprint density at radius 3 is 2.18 bits per heavy atom. The Morgan fingerprint density at radius 2 is 1.67 bits per heavy atom. The van der Waals surface area contributed by atoms with Gasteiger partial charge in [0.2, 0.25) is 10.0 Å². The van der Waals surface area contributed by atoms with Gasteiger partial charge >= 0.3 is 12.5 Å². The van der Waals surface area contributed by atoms with Gasteiger partial charge in [0.25, 0.3) is 0 Å². The number of benzene rings is 2. The van der Waals surface area contributed by atoms with Crippen LogP contribution in [-0.2, 0) is 21.2 Å². The summed E-state index contributed by atoms with van der Waals surface area (Å²) in [5.41, 5.74) is 6.45. The number of carbonyl (C=O) groups excluding carboxylic acids is 1. The van der Waals surface area contributed by atoms with Crippen LogP contribution in [0.5, 0.6) is 5.75 Å². The number of piperidine rings is 1. The minimum Gasteiger partial charge on any atom is -0.428 e. The Balaban J connectivity index is 1.57. The second-order valence-corrected chi connectivity index (χ2v) is 9.49. The Labute approximate surface area is 189 Å². The predicted octanol–water partition coefficient (Wildman–Crippen LogP) is 3.84. The van der Waals surface area contributed by atoms with E-state index in [0.29, 0.717) is 5.69 Å². The first-order valence-corrected chi connectivity index (χ1v) is 11.6. The van der Waals surface area contributed by atoms with E-state index in [2.05, 4.69) is 10.1 Å². The fraction of sp³-hybridized carbons (Fsp3) is 0.381. The lowest BCUT2D eigenvalue weighted by molar-refractivity contribution is -0.274. The molecule has 0 aliphatic carbocycles. The third kappa shape index (κ3) is 6.59. The standard InChI is InChI=1S/C21H24F3N3O5S/c1-2-15-3-5-16(6-4-15)26-19(28)32-20(25)11-13-27(14-12-20)33(29,30)18-9-7-17(8-10-18)31-21(22,23)24/h3-10H,2,11-14,25H2,1H3,(H,26,28). The smallest absolute Gasteiger partial charge is 0.428 e. The lowest BCUT2D eigenvalue weighted by Crippen LogP contribution is -2.54. The van der Waals surface area contributed by atoms with Crippen LogP contribution in [0.4, 0.5) is 23.7 Å². The number of nitrogens with one attached hydrogen (secondary N) is 1. The van der Waals surface area contributed by atoms with Crippen molar-refractivity contribution < 1.29 is 35.9 Å². The van der Waals surface area contributed by atoms with Crippen molar-refractivity contribution in [1.29, 1.82) is 0 Å². The van der Waals surface area contributed by atoms with E-state index in [1.807, 2.05) is 19.1 Å². The van der Waals surface area contributed by atoms with Crippen LogP contribution in [0.2, 0.25) is 0 Å². The molecule has 0 atom stereocenters. The third-order valence-corrected chi connectivity index (χ3v) is 7.08. The first-order valence-electron chi connectivity index (χ1n) is 10.1. The van der Waals surface area contributed by atoms with Crippen LogP contribution in [0, 0.1) is 0 Å². The number of ether oxygens (including phenoxy) is 2. The summed E-state index contributed by atoms with van der Waals surface area (Å²) >= 11 is 0. The van der Waals surface area contributed by atoms with E-state index in [1.54, 1.807) is 12.1 Å². The molecule has 1 heterocycles. The molecule has 0 spiro atoms. The van der Waals surface area contributed by atoms with Gasteiger partial charge in [-0.2, -0.15) is 4.31 Å². The number of amides is 1. The first-order chi connectivity index (χ1) is 15.4. The number of sulfonamides is 1. The summed E-state index contributed by atoms with van der Waals surface area (Å²) in [4.78, 5) is 12.0. The summed E-state index contributed by atoms with van der Waals surface area (Å²) in [6, 6.07) is 11.2. The number of alkyl halides is 3. The van der Waals surface area contributed by atoms with E-state index >= 15 is 0 Å². The number of nitrogens with zero attached hydrogens (tertiary/aromatic N) is 1. The largest absolute Gasteiger partial charge is 0.573 e. The first kappa shape index (κ1) is 24.8. The van der Waals surface area contributed by atoms with Gasteiger partial charge in [-0.25, -0.2) is 13.2 Å². The highest BCUT2D eigenvalue weighted by Gasteiger charge is 2.39. The van der Waals surface area contributed by atoms with E-state index in [1.165, 1.54) is 0 Å². The van der Waals surface area contributed by atoms with E-state index < -0.39 is 34.0 Å². The molecule has 1 saturated heterocycles. The number of carbonyl (C=O) groups is 1. The zero-order valence-electron chi connectivity index (χ0n) is 17.8. The van der Waals surface area contributed by atoms with Gasteiger partial charge in [0.1, 0.15) is 5.75 Å². The fourth-order valence-corrected chi connectivity index (χ4v) is 4.76. The van der Waals surface area contributed by atoms with Crippen LogP contribution in [0.25, 0.3) is 0 Å². The van der Waals surface area contributed by atoms with Gasteiger partial charge in [0.15, 0.2) is 5.72 Å². The van der Waals surface area contributed by atoms with Crippen LogP contribution < -0.4 is 15.8 Å². The highest BCUT2D eigenvalue weighted by Crippen LogP contribution is 2.29. The molecule has 0 unspecified atom stereocenters. The van der Waals surface area contributed by atoms with Gasteiger partial charge in [0.05, 0.1) is 4.90 Å². The van der Waals surface area contributed by atoms with E-state index in [4.69, 9.17) is 10.5 Å². The zero-order chi connectivity index (χ0) is 24.3. The van der Waals surface area contributed by atoms with Crippen molar-refractivity contribution in [2.45, 2.75) is 43.2 Å². The topological polar surface area (TPSA) is 111 Å². The molecule has 0 radical (unpaired) electrons. The SMILES string of the molecule is CCc1ccc(NC(=O)OC2(N)CCN(S(=O)(=O)c3ccc(OC(F)(F)F)cc3)CC2)cc1. The third-order valence-electron chi connectivity index (χ3n) is 5.17. The molecule has 2 aromatic rings. The lowest BCUT2D eigenvalue weighted by Gasteiger charge is -2.37. The molecule has 0 saturated carbocycles. The Kier molecular flexibility index (Phi) is 7.20. The highest BCUT2D eigenvalue weighted by molar-refractivity contribution is 7.89. The molecular weight excluding hydrogens is 463 g/mol. The molecule has 0 bridgehead atoms. The van der Waals surface area contributed by atoms with Crippen molar-refractivity contribution >= 4 is 21.8 Å². The molecular formula is C21H24F3N3O5S. The monoisotopic (exact) mass is 487 g/mol. The predicted molar refractivity (Wildman–Crippen MR) is 114 cm³/mol. The van der Waals surface area contributed by atoms with E-state index in [9.17, 15) is 26.4 Å². The van der Waals surface area contributed by atoms with Gasteiger partial charge in [-0.3, -0.25) is 11.1 Å². The van der Waals surface area contributed by atoms with Crippen molar-refractivity contribution in [2.24, 2.45) is 5.73 Å². The second-order valence-electron chi connectivity index (χ2n) is 7.55. The number of nitrogens with two attached hydrogens (primary N) is 1. The Bertz CT molecular complexity index is 1070. The number of anilines is 1. The summed E-state index contributed by atoms with van der Waals surface area (Å²) in [6.07, 6.45) is -4.67. The highest BCUT2D eigenvalue weighted by atomic mass is 32.2. The van der Waals surface area contributed by atoms with Crippen molar-refractivity contribution in [1.82, 2.24) is 4.31 Å². The lowest BCUT2D eigenvalue weighted by atomic mass is 10.0. The molecule has 3 rings (SSSR count). The van der Waals surface area contributed by atoms with Crippen molar-refractivity contribution in [3.8, 4) is 5.75 Å². The minimum absolute atomic E-state index is 0.0296. The second kappa shape index (κ2) is 9.57. The summed E-state index contributed by atoms with van der Waals surface area (Å²) in [7, 11) is -3.97. The average Bonchev–Trinajstić information content (AvgIpc) is 2.73. The van der Waals surface area contributed by atoms with Crippen molar-refractivity contribution in [3.63, 3.8) is 0 Å². The molecule has 180 valence electrons. The van der Waals surface area contributed by atoms with Gasteiger partial charge in [-0.05, 0) is 48.4 Å². The number of hydrogen-bond acceptors (Lipinski definition) is 6. The van der Waals surface area contributed by atoms with E-state index in [0.717, 1.165) is 40.6 Å². The molecule has 3 N–H and O–H groups in total. The Morgan fingerprint density at radius 1 is 1.09 bits per heavy atom. The average molecular weight is 488 g/mol. The summed E-state index contributed by atoms with van der Waals surface area (Å²) in [5, 5.41) is 2.59. The quantitative estimate of drug-likeness (QED) is 0.599. The molecule has 2 aromatic carbocycles. The summed E-state index contributed by atoms with van der Waals surface area (Å²) in [5.74, 6) is -0.523. The normalized spacial score (nSPS) is 16.8. The molecule has 12 heteroatoms. The molecule has 1 amide bonds. The van der Waals surface area contributed by atoms with Crippen LogP contribution in [0.15, 0.2) is 53.4 Å². The molecule has 1 aliphatic rings. The summed E-state index contributed by atoms with van der Waals surface area (Å²) < 4.78 is 72.7. The van der Waals surface area contributed by atoms with Gasteiger partial charge in [-0.15, -0.1) is 13.2 Å². The van der Waals surface area contributed by atoms with Crippen molar-refractivity contribution in [3.05, 3.63) is 54.1 Å². The maximum atomic E-state index is 12.8. The maximum absolute atomic E-state index is 12.8. The minimum atomic E-state index is -4.87. The van der Waals surface area contributed by atoms with Crippen LogP contribution in [0.3, 0.4) is 0 Å². The van der Waals surface area contributed by atoms with Crippen LogP contribution in [-0.4, -0.2) is 44.0 Å². The number of hydrogen-bond donors (Lipinski definition) is 2. The number of rotatable bonds is 6. The van der Waals surface area contributed by atoms with Crippen molar-refractivity contribution in [2.75, 3.05) is 18.4 Å². The number of halogens is 3. The van der Waals surface area contributed by atoms with Gasteiger partial charge < -0.3 is 9.47 Å². The summed E-state index contributed by atoms with van der Waals surface area (Å²) in [6.45, 7) is 1.95. The van der Waals surface area contributed by atoms with Crippen LogP contribution >= 0.6 is 0 Å². The number of aryl methyl sites for hydroxylation is 1. The molecule has 33 heavy (non-hydrogen) atoms. The molecule has 0 aromatic heterocycles. The Hall–Kier alpha value is -2.83. The van der Waals surface area contributed by atoms with Gasteiger partial charge in [-0.1, -0.05) is 19.1 Å². The molecule has 8 nitrogen and oxygen atoms in total. The fourth-order valence-electron chi connectivity index (χ4n) is 3.32. The molecule has 1 aliphatic heterocycles. The molecule has 1 fully saturated rings. The zero-order valence-corrected chi connectivity index (χ0v) is 18.6.